The number of alkyl halides is 9. The maximum atomic E-state index is 13.3. The quantitative estimate of drug-likeness (QED) is 0.303. The highest BCUT2D eigenvalue weighted by Gasteiger charge is 2.38. The van der Waals surface area contributed by atoms with Crippen molar-refractivity contribution < 1.29 is 49.0 Å². The summed E-state index contributed by atoms with van der Waals surface area (Å²) >= 11 is 0. The van der Waals surface area contributed by atoms with Gasteiger partial charge in [-0.25, -0.2) is 4.79 Å². The average molecular weight is 557 g/mol. The summed E-state index contributed by atoms with van der Waals surface area (Å²) in [5.41, 5.74) is -3.84. The largest absolute Gasteiger partial charge is 0.449 e. The average Bonchev–Trinajstić information content (AvgIpc) is 2.81. The first-order valence-electron chi connectivity index (χ1n) is 11.8. The third kappa shape index (κ3) is 7.80. The molecule has 0 N–H and O–H groups in total. The zero-order chi connectivity index (χ0) is 29.1. The van der Waals surface area contributed by atoms with Crippen LogP contribution in [0.2, 0.25) is 0 Å². The van der Waals surface area contributed by atoms with Crippen molar-refractivity contribution in [3.05, 3.63) is 64.7 Å². The lowest BCUT2D eigenvalue weighted by atomic mass is 9.82. The molecule has 12 heteroatoms. The number of carbonyl (C=O) groups excluding carboxylic acids is 1. The van der Waals surface area contributed by atoms with Crippen LogP contribution in [0, 0.1) is 5.92 Å². The van der Waals surface area contributed by atoms with E-state index in [9.17, 15) is 44.3 Å². The highest BCUT2D eigenvalue weighted by molar-refractivity contribution is 5.88. The Hall–Kier alpha value is -2.92. The molecule has 2 aromatic rings. The van der Waals surface area contributed by atoms with Gasteiger partial charge in [-0.15, -0.1) is 0 Å². The van der Waals surface area contributed by atoms with Crippen LogP contribution >= 0.6 is 0 Å². The second-order valence-electron chi connectivity index (χ2n) is 9.02. The Balaban J connectivity index is 2.42. The van der Waals surface area contributed by atoms with Crippen molar-refractivity contribution in [1.29, 1.82) is 0 Å². The molecule has 0 aromatic heterocycles. The summed E-state index contributed by atoms with van der Waals surface area (Å²) in [5, 5.41) is 0. The Labute approximate surface area is 214 Å². The SMILES string of the molecule is CCOC(=O)N(c1ccc(C(F)(F)F)cc1)C(CC)CC(C)C(C)c1cc(C(F)(F)F)cc(C(F)(F)F)c1. The van der Waals surface area contributed by atoms with Crippen LogP contribution in [0.25, 0.3) is 0 Å². The highest BCUT2D eigenvalue weighted by atomic mass is 19.4. The van der Waals surface area contributed by atoms with Crippen LogP contribution in [-0.2, 0) is 23.3 Å². The molecule has 0 saturated heterocycles. The zero-order valence-corrected chi connectivity index (χ0v) is 21.1. The van der Waals surface area contributed by atoms with Crippen molar-refractivity contribution in [1.82, 2.24) is 0 Å². The lowest BCUT2D eigenvalue weighted by molar-refractivity contribution is -0.143. The van der Waals surface area contributed by atoms with Gasteiger partial charge >= 0.3 is 24.6 Å². The summed E-state index contributed by atoms with van der Waals surface area (Å²) in [5.74, 6) is -1.32. The molecule has 2 rings (SSSR count). The molecule has 0 spiro atoms. The minimum Gasteiger partial charge on any atom is -0.449 e. The van der Waals surface area contributed by atoms with Crippen molar-refractivity contribution >= 4 is 11.8 Å². The van der Waals surface area contributed by atoms with E-state index in [2.05, 4.69) is 0 Å². The van der Waals surface area contributed by atoms with Crippen LogP contribution in [0.15, 0.2) is 42.5 Å². The molecular weight excluding hydrogens is 529 g/mol. The topological polar surface area (TPSA) is 29.5 Å². The van der Waals surface area contributed by atoms with Gasteiger partial charge in [0.1, 0.15) is 0 Å². The van der Waals surface area contributed by atoms with E-state index in [1.54, 1.807) is 20.8 Å². The number of hydrogen-bond acceptors (Lipinski definition) is 2. The molecule has 0 radical (unpaired) electrons. The van der Waals surface area contributed by atoms with Gasteiger partial charge in [0.15, 0.2) is 0 Å². The predicted molar refractivity (Wildman–Crippen MR) is 124 cm³/mol. The number of ether oxygens (including phenoxy) is 1. The lowest BCUT2D eigenvalue weighted by Crippen LogP contribution is -2.42. The van der Waals surface area contributed by atoms with Crippen LogP contribution in [0.4, 0.5) is 50.0 Å². The maximum absolute atomic E-state index is 13.3. The molecule has 0 heterocycles. The molecule has 38 heavy (non-hydrogen) atoms. The number of hydrogen-bond donors (Lipinski definition) is 0. The first-order valence-corrected chi connectivity index (χ1v) is 11.8. The Morgan fingerprint density at radius 1 is 0.789 bits per heavy atom. The van der Waals surface area contributed by atoms with Crippen LogP contribution in [0.1, 0.15) is 68.7 Å². The first kappa shape index (κ1) is 31.3. The Morgan fingerprint density at radius 3 is 1.66 bits per heavy atom. The molecule has 3 unspecified atom stereocenters. The van der Waals surface area contributed by atoms with Crippen molar-refractivity contribution in [2.45, 2.75) is 71.0 Å². The van der Waals surface area contributed by atoms with E-state index in [4.69, 9.17) is 4.74 Å². The number of amides is 1. The normalized spacial score (nSPS) is 15.1. The number of nitrogens with zero attached hydrogens (tertiary/aromatic N) is 1. The Bertz CT molecular complexity index is 1040. The van der Waals surface area contributed by atoms with E-state index < -0.39 is 59.2 Å². The third-order valence-corrected chi connectivity index (χ3v) is 6.41. The van der Waals surface area contributed by atoms with E-state index in [1.807, 2.05) is 0 Å². The summed E-state index contributed by atoms with van der Waals surface area (Å²) in [7, 11) is 0. The molecule has 3 atom stereocenters. The lowest BCUT2D eigenvalue weighted by Gasteiger charge is -2.34. The van der Waals surface area contributed by atoms with Crippen LogP contribution in [0.5, 0.6) is 0 Å². The van der Waals surface area contributed by atoms with Crippen molar-refractivity contribution in [3.8, 4) is 0 Å². The van der Waals surface area contributed by atoms with Gasteiger partial charge in [0.05, 0.1) is 23.3 Å². The predicted octanol–water partition coefficient (Wildman–Crippen LogP) is 9.31. The second-order valence-corrected chi connectivity index (χ2v) is 9.02. The minimum atomic E-state index is -4.99. The fourth-order valence-electron chi connectivity index (χ4n) is 4.13. The van der Waals surface area contributed by atoms with Gasteiger partial charge in [-0.2, -0.15) is 39.5 Å². The fourth-order valence-corrected chi connectivity index (χ4v) is 4.13. The monoisotopic (exact) mass is 557 g/mol. The van der Waals surface area contributed by atoms with E-state index in [-0.39, 0.29) is 36.8 Å². The van der Waals surface area contributed by atoms with Gasteiger partial charge in [0, 0.05) is 11.7 Å². The standard InChI is InChI=1S/C26H28F9NO2/c1-5-21(36(23(37)38-6-2)22-9-7-18(8-10-22)24(27,28)29)11-15(3)16(4)17-12-19(25(30,31)32)14-20(13-17)26(33,34)35/h7-10,12-16,21H,5-6,11H2,1-4H3. The van der Waals surface area contributed by atoms with Gasteiger partial charge in [0.25, 0.3) is 0 Å². The molecule has 1 amide bonds. The first-order chi connectivity index (χ1) is 17.4. The molecule has 212 valence electrons. The molecule has 0 aliphatic heterocycles. The van der Waals surface area contributed by atoms with E-state index >= 15 is 0 Å². The van der Waals surface area contributed by atoms with Crippen molar-refractivity contribution in [2.75, 3.05) is 11.5 Å². The van der Waals surface area contributed by atoms with E-state index in [0.717, 1.165) is 24.3 Å². The smallest absolute Gasteiger partial charge is 0.416 e. The number of rotatable bonds is 8. The number of anilines is 1. The van der Waals surface area contributed by atoms with Crippen molar-refractivity contribution in [2.24, 2.45) is 5.92 Å². The van der Waals surface area contributed by atoms with Gasteiger partial charge in [-0.1, -0.05) is 20.8 Å². The summed E-state index contributed by atoms with van der Waals surface area (Å²) < 4.78 is 124. The summed E-state index contributed by atoms with van der Waals surface area (Å²) in [6, 6.07) is 4.58. The van der Waals surface area contributed by atoms with Crippen LogP contribution in [-0.4, -0.2) is 18.7 Å². The van der Waals surface area contributed by atoms with Gasteiger partial charge in [-0.05, 0) is 79.6 Å². The molecular formula is C26H28F9NO2. The summed E-state index contributed by atoms with van der Waals surface area (Å²) in [4.78, 5) is 14.0. The Morgan fingerprint density at radius 2 is 1.26 bits per heavy atom. The molecule has 2 aromatic carbocycles. The molecule has 0 aliphatic rings. The van der Waals surface area contributed by atoms with E-state index in [1.165, 1.54) is 11.8 Å². The molecule has 3 nitrogen and oxygen atoms in total. The second kappa shape index (κ2) is 11.9. The fraction of sp³-hybridized carbons (Fsp3) is 0.500. The molecule has 0 aliphatic carbocycles. The van der Waals surface area contributed by atoms with Crippen molar-refractivity contribution in [3.63, 3.8) is 0 Å². The maximum Gasteiger partial charge on any atom is 0.416 e. The number of carbonyl (C=O) groups is 1. The van der Waals surface area contributed by atoms with Crippen LogP contribution < -0.4 is 4.90 Å². The summed E-state index contributed by atoms with van der Waals surface area (Å²) in [6.45, 7) is 6.32. The Kier molecular flexibility index (Phi) is 9.77. The zero-order valence-electron chi connectivity index (χ0n) is 21.1. The van der Waals surface area contributed by atoms with Gasteiger partial charge < -0.3 is 4.74 Å². The third-order valence-electron chi connectivity index (χ3n) is 6.41. The number of benzene rings is 2. The molecule has 0 saturated carbocycles. The molecule has 0 bridgehead atoms. The highest BCUT2D eigenvalue weighted by Crippen LogP contribution is 2.40. The molecule has 0 fully saturated rings. The minimum absolute atomic E-state index is 0.0250. The van der Waals surface area contributed by atoms with Gasteiger partial charge in [0.2, 0.25) is 0 Å². The van der Waals surface area contributed by atoms with Gasteiger partial charge in [-0.3, -0.25) is 4.90 Å². The van der Waals surface area contributed by atoms with Crippen LogP contribution in [0.3, 0.4) is 0 Å². The summed E-state index contributed by atoms with van der Waals surface area (Å²) in [6.07, 6.45) is -15.0. The van der Waals surface area contributed by atoms with E-state index in [0.29, 0.717) is 12.1 Å². The number of halogens is 9.